The number of anilines is 1. The molecule has 1 atom stereocenters. The van der Waals surface area contributed by atoms with E-state index in [9.17, 15) is 23.3 Å². The zero-order valence-corrected chi connectivity index (χ0v) is 16.4. The minimum atomic E-state index is -3.78. The average molecular weight is 403 g/mol. The number of nitrogens with one attached hydrogen (secondary N) is 1. The van der Waals surface area contributed by atoms with Crippen LogP contribution in [-0.2, 0) is 21.2 Å². The predicted molar refractivity (Wildman–Crippen MR) is 105 cm³/mol. The van der Waals surface area contributed by atoms with E-state index < -0.39 is 26.5 Å². The number of sulfone groups is 1. The van der Waals surface area contributed by atoms with Gasteiger partial charge in [-0.25, -0.2) is 8.42 Å². The maximum absolute atomic E-state index is 12.7. The van der Waals surface area contributed by atoms with Crippen LogP contribution in [0.3, 0.4) is 0 Å². The Morgan fingerprint density at radius 2 is 1.89 bits per heavy atom. The number of carbonyl (C=O) groups excluding carboxylic acids is 1. The largest absolute Gasteiger partial charge is 0.368 e. The van der Waals surface area contributed by atoms with Gasteiger partial charge in [0.05, 0.1) is 4.92 Å². The van der Waals surface area contributed by atoms with E-state index in [0.29, 0.717) is 19.5 Å². The smallest absolute Gasteiger partial charge is 0.310 e. The van der Waals surface area contributed by atoms with Crippen LogP contribution in [0.15, 0.2) is 47.4 Å². The van der Waals surface area contributed by atoms with Crippen molar-refractivity contribution < 1.29 is 18.1 Å². The molecule has 2 aromatic carbocycles. The van der Waals surface area contributed by atoms with E-state index in [-0.39, 0.29) is 16.5 Å². The Morgan fingerprint density at radius 1 is 1.21 bits per heavy atom. The highest BCUT2D eigenvalue weighted by atomic mass is 32.2. The summed E-state index contributed by atoms with van der Waals surface area (Å²) in [5.74, 6) is -0.167. The average Bonchev–Trinajstić information content (AvgIpc) is 2.96. The number of carbonyl (C=O) groups is 1. The second kappa shape index (κ2) is 7.59. The van der Waals surface area contributed by atoms with Crippen LogP contribution in [-0.4, -0.2) is 43.0 Å². The molecule has 1 aliphatic rings. The number of nitrogens with zero attached hydrogens (tertiary/aromatic N) is 2. The molecule has 0 spiro atoms. The van der Waals surface area contributed by atoms with Gasteiger partial charge in [0.2, 0.25) is 5.91 Å². The number of hydrogen-bond donors (Lipinski definition) is 1. The fourth-order valence-electron chi connectivity index (χ4n) is 3.26. The summed E-state index contributed by atoms with van der Waals surface area (Å²) < 4.78 is 23.8. The molecule has 8 nitrogen and oxygen atoms in total. The quantitative estimate of drug-likeness (QED) is 0.586. The molecule has 2 aromatic rings. The van der Waals surface area contributed by atoms with E-state index in [1.165, 1.54) is 18.2 Å². The van der Waals surface area contributed by atoms with Crippen molar-refractivity contribution in [2.24, 2.45) is 0 Å². The third-order valence-electron chi connectivity index (χ3n) is 4.70. The first-order valence-corrected chi connectivity index (χ1v) is 10.6. The van der Waals surface area contributed by atoms with Gasteiger partial charge in [-0.15, -0.1) is 0 Å². The summed E-state index contributed by atoms with van der Waals surface area (Å²) in [5.41, 5.74) is 1.64. The number of benzene rings is 2. The molecule has 0 saturated carbocycles. The summed E-state index contributed by atoms with van der Waals surface area (Å²) in [6, 6.07) is 11.3. The van der Waals surface area contributed by atoms with Crippen molar-refractivity contribution in [2.75, 3.05) is 18.1 Å². The minimum absolute atomic E-state index is 0.0310. The summed E-state index contributed by atoms with van der Waals surface area (Å²) in [7, 11) is -3.78. The van der Waals surface area contributed by atoms with Gasteiger partial charge in [-0.2, -0.15) is 0 Å². The lowest BCUT2D eigenvalue weighted by Crippen LogP contribution is -2.33. The number of rotatable bonds is 6. The number of likely N-dealkylation sites (tertiary alicyclic amines) is 1. The van der Waals surface area contributed by atoms with Crippen molar-refractivity contribution in [2.45, 2.75) is 30.8 Å². The molecule has 1 unspecified atom stereocenters. The van der Waals surface area contributed by atoms with Gasteiger partial charge in [0.15, 0.2) is 9.84 Å². The Kier molecular flexibility index (Phi) is 5.37. The normalized spacial score (nSPS) is 17.0. The molecule has 28 heavy (non-hydrogen) atoms. The number of hydrogen-bond acceptors (Lipinski definition) is 6. The maximum atomic E-state index is 12.7. The molecule has 1 amide bonds. The third-order valence-corrected chi connectivity index (χ3v) is 5.83. The topological polar surface area (TPSA) is 110 Å². The number of para-hydroxylation sites is 1. The van der Waals surface area contributed by atoms with Crippen molar-refractivity contribution in [3.8, 4) is 0 Å². The Morgan fingerprint density at radius 3 is 2.50 bits per heavy atom. The van der Waals surface area contributed by atoms with E-state index in [0.717, 1.165) is 17.4 Å². The van der Waals surface area contributed by atoms with Crippen molar-refractivity contribution in [3.63, 3.8) is 0 Å². The molecule has 1 aliphatic heterocycles. The van der Waals surface area contributed by atoms with Crippen LogP contribution in [0.25, 0.3) is 0 Å². The first-order valence-electron chi connectivity index (χ1n) is 8.75. The Hall–Kier alpha value is -2.94. The third kappa shape index (κ3) is 4.14. The number of nitro groups is 1. The van der Waals surface area contributed by atoms with Crippen LogP contribution in [0.5, 0.6) is 0 Å². The van der Waals surface area contributed by atoms with Gasteiger partial charge in [-0.3, -0.25) is 14.9 Å². The zero-order valence-electron chi connectivity index (χ0n) is 15.6. The summed E-state index contributed by atoms with van der Waals surface area (Å²) in [6.45, 7) is 2.97. The first kappa shape index (κ1) is 19.8. The molecule has 0 bridgehead atoms. The van der Waals surface area contributed by atoms with Gasteiger partial charge in [0.25, 0.3) is 0 Å². The monoisotopic (exact) mass is 403 g/mol. The van der Waals surface area contributed by atoms with Crippen LogP contribution >= 0.6 is 0 Å². The van der Waals surface area contributed by atoms with Gasteiger partial charge >= 0.3 is 5.69 Å². The standard InChI is InChI=1S/C19H21N3O5S/c1-13-6-8-14(9-7-13)12-21-11-10-16(19(21)23)20-15-4-3-5-17(28(2,26)27)18(15)22(24)25/h3-9,16,20H,10-12H2,1-2H3. The van der Waals surface area contributed by atoms with Crippen LogP contribution in [0.1, 0.15) is 17.5 Å². The molecule has 0 aromatic heterocycles. The lowest BCUT2D eigenvalue weighted by molar-refractivity contribution is -0.386. The highest BCUT2D eigenvalue weighted by Gasteiger charge is 2.34. The number of amides is 1. The van der Waals surface area contributed by atoms with Crippen molar-refractivity contribution in [1.29, 1.82) is 0 Å². The molecule has 148 valence electrons. The fourth-order valence-corrected chi connectivity index (χ4v) is 4.12. The van der Waals surface area contributed by atoms with Gasteiger partial charge in [0.1, 0.15) is 16.6 Å². The Labute approximate surface area is 163 Å². The van der Waals surface area contributed by atoms with Gasteiger partial charge in [-0.05, 0) is 31.0 Å². The van der Waals surface area contributed by atoms with Gasteiger partial charge in [-0.1, -0.05) is 35.9 Å². The van der Waals surface area contributed by atoms with Crippen molar-refractivity contribution in [1.82, 2.24) is 4.90 Å². The summed E-state index contributed by atoms with van der Waals surface area (Å²) in [4.78, 5) is 24.8. The molecule has 3 rings (SSSR count). The van der Waals surface area contributed by atoms with E-state index in [4.69, 9.17) is 0 Å². The molecule has 1 N–H and O–H groups in total. The van der Waals surface area contributed by atoms with E-state index in [1.54, 1.807) is 4.90 Å². The van der Waals surface area contributed by atoms with Crippen molar-refractivity contribution in [3.05, 3.63) is 63.7 Å². The lowest BCUT2D eigenvalue weighted by Gasteiger charge is -2.18. The second-order valence-corrected chi connectivity index (χ2v) is 8.90. The summed E-state index contributed by atoms with van der Waals surface area (Å²) in [6.07, 6.45) is 1.40. The molecule has 0 aliphatic carbocycles. The predicted octanol–water partition coefficient (Wildman–Crippen LogP) is 2.52. The summed E-state index contributed by atoms with van der Waals surface area (Å²) in [5, 5.41) is 14.4. The molecule has 1 heterocycles. The second-order valence-electron chi connectivity index (χ2n) is 6.91. The van der Waals surface area contributed by atoms with E-state index in [1.807, 2.05) is 31.2 Å². The van der Waals surface area contributed by atoms with Gasteiger partial charge < -0.3 is 10.2 Å². The van der Waals surface area contributed by atoms with Crippen LogP contribution < -0.4 is 5.32 Å². The molecular formula is C19H21N3O5S. The van der Waals surface area contributed by atoms with E-state index >= 15 is 0 Å². The van der Waals surface area contributed by atoms with Gasteiger partial charge in [0, 0.05) is 19.3 Å². The molecule has 9 heteroatoms. The minimum Gasteiger partial charge on any atom is -0.368 e. The lowest BCUT2D eigenvalue weighted by atomic mass is 10.1. The zero-order chi connectivity index (χ0) is 20.5. The number of nitro benzene ring substituents is 1. The number of aryl methyl sites for hydroxylation is 1. The molecule has 1 fully saturated rings. The van der Waals surface area contributed by atoms with Crippen LogP contribution in [0.4, 0.5) is 11.4 Å². The first-order chi connectivity index (χ1) is 13.2. The van der Waals surface area contributed by atoms with E-state index in [2.05, 4.69) is 5.32 Å². The Bertz CT molecular complexity index is 1020. The van der Waals surface area contributed by atoms with Crippen LogP contribution in [0.2, 0.25) is 0 Å². The molecule has 1 saturated heterocycles. The Balaban J connectivity index is 1.80. The van der Waals surface area contributed by atoms with Crippen LogP contribution in [0, 0.1) is 17.0 Å². The maximum Gasteiger partial charge on any atom is 0.310 e. The molecule has 0 radical (unpaired) electrons. The molecular weight excluding hydrogens is 382 g/mol. The van der Waals surface area contributed by atoms with Crippen molar-refractivity contribution >= 4 is 27.1 Å². The SMILES string of the molecule is Cc1ccc(CN2CCC(Nc3cccc(S(C)(=O)=O)c3[N+](=O)[O-])C2=O)cc1. The highest BCUT2D eigenvalue weighted by Crippen LogP contribution is 2.33. The highest BCUT2D eigenvalue weighted by molar-refractivity contribution is 7.90. The summed E-state index contributed by atoms with van der Waals surface area (Å²) >= 11 is 0. The fraction of sp³-hybridized carbons (Fsp3) is 0.316.